The van der Waals surface area contributed by atoms with Gasteiger partial charge in [0.25, 0.3) is 5.91 Å². The Labute approximate surface area is 263 Å². The van der Waals surface area contributed by atoms with Crippen molar-refractivity contribution in [1.82, 2.24) is 24.6 Å². The molecule has 0 spiro atoms. The minimum Gasteiger partial charge on any atom is -0.492 e. The average Bonchev–Trinajstić information content (AvgIpc) is 3.46. The molecule has 1 aliphatic rings. The number of nitrogens with one attached hydrogen (secondary N) is 2. The number of anilines is 2. The van der Waals surface area contributed by atoms with Crippen LogP contribution in [-0.4, -0.2) is 96.7 Å². The quantitative estimate of drug-likeness (QED) is 0.282. The Bertz CT molecular complexity index is 1650. The lowest BCUT2D eigenvalue weighted by atomic mass is 9.92. The van der Waals surface area contributed by atoms with Crippen LogP contribution in [0.15, 0.2) is 60.8 Å². The molecule has 1 atom stereocenters. The molecule has 2 N–H and O–H groups in total. The van der Waals surface area contributed by atoms with Gasteiger partial charge in [0.2, 0.25) is 5.88 Å². The predicted octanol–water partition coefficient (Wildman–Crippen LogP) is 4.54. The number of fused-ring (bicyclic) bond motifs is 1. The van der Waals surface area contributed by atoms with Crippen LogP contribution in [0.25, 0.3) is 16.5 Å². The van der Waals surface area contributed by atoms with Crippen LogP contribution in [0.1, 0.15) is 26.5 Å². The van der Waals surface area contributed by atoms with Crippen LogP contribution in [0.2, 0.25) is 0 Å². The van der Waals surface area contributed by atoms with Gasteiger partial charge in [-0.1, -0.05) is 45.0 Å². The molecule has 1 aliphatic heterocycles. The maximum atomic E-state index is 13.3. The minimum atomic E-state index is -0.461. The number of rotatable bonds is 9. The van der Waals surface area contributed by atoms with Gasteiger partial charge < -0.3 is 24.4 Å². The van der Waals surface area contributed by atoms with Crippen LogP contribution in [-0.2, 0) is 14.9 Å². The number of aromatic nitrogens is 3. The van der Waals surface area contributed by atoms with E-state index in [4.69, 9.17) is 19.3 Å². The van der Waals surface area contributed by atoms with E-state index in [-0.39, 0.29) is 11.3 Å². The molecule has 2 aromatic heterocycles. The molecule has 0 radical (unpaired) electrons. The summed E-state index contributed by atoms with van der Waals surface area (Å²) in [5.41, 5.74) is 1.90. The highest BCUT2D eigenvalue weighted by atomic mass is 16.5. The third-order valence-electron chi connectivity index (χ3n) is 7.56. The fraction of sp³-hybridized carbons (Fsp3) is 0.394. The zero-order chi connectivity index (χ0) is 32.1. The number of hydrogen-bond acceptors (Lipinski definition) is 8. The second-order valence-electron chi connectivity index (χ2n) is 12.1. The monoisotopic (exact) mass is 615 g/mol. The fourth-order valence-corrected chi connectivity index (χ4v) is 5.06. The molecular formula is C33H41N7O5. The molecule has 3 heterocycles. The van der Waals surface area contributed by atoms with E-state index in [2.05, 4.69) is 41.3 Å². The van der Waals surface area contributed by atoms with Crippen LogP contribution in [0.5, 0.6) is 11.6 Å². The molecule has 1 saturated heterocycles. The van der Waals surface area contributed by atoms with Gasteiger partial charge >= 0.3 is 6.03 Å². The number of nitrogens with zero attached hydrogens (tertiary/aromatic N) is 5. The molecule has 0 saturated carbocycles. The Hall–Kier alpha value is -4.68. The van der Waals surface area contributed by atoms with Gasteiger partial charge in [-0.25, -0.2) is 14.5 Å². The van der Waals surface area contributed by atoms with E-state index in [9.17, 15) is 9.59 Å². The number of methoxy groups -OCH3 is 1. The third-order valence-corrected chi connectivity index (χ3v) is 7.56. The second kappa shape index (κ2) is 13.5. The molecule has 1 unspecified atom stereocenters. The summed E-state index contributed by atoms with van der Waals surface area (Å²) in [6.07, 6.45) is 1.19. The van der Waals surface area contributed by atoms with Gasteiger partial charge in [-0.2, -0.15) is 5.10 Å². The number of amides is 3. The Morgan fingerprint density at radius 3 is 2.53 bits per heavy atom. The smallest absolute Gasteiger partial charge is 0.324 e. The maximum Gasteiger partial charge on any atom is 0.324 e. The van der Waals surface area contributed by atoms with Crippen molar-refractivity contribution in [3.8, 4) is 17.3 Å². The first-order chi connectivity index (χ1) is 21.5. The largest absolute Gasteiger partial charge is 0.492 e. The van der Waals surface area contributed by atoms with Crippen molar-refractivity contribution in [2.45, 2.75) is 32.3 Å². The van der Waals surface area contributed by atoms with Crippen molar-refractivity contribution >= 4 is 34.2 Å². The lowest BCUT2D eigenvalue weighted by Gasteiger charge is -2.33. The van der Waals surface area contributed by atoms with E-state index in [0.29, 0.717) is 55.1 Å². The van der Waals surface area contributed by atoms with Crippen molar-refractivity contribution in [1.29, 1.82) is 0 Å². The number of pyridine rings is 1. The number of carbonyl (C=O) groups excluding carboxylic acids is 2. The lowest BCUT2D eigenvalue weighted by molar-refractivity contribution is -0.146. The number of carbonyl (C=O) groups is 2. The average molecular weight is 616 g/mol. The highest BCUT2D eigenvalue weighted by Crippen LogP contribution is 2.32. The molecule has 238 valence electrons. The van der Waals surface area contributed by atoms with Crippen molar-refractivity contribution in [2.24, 2.45) is 0 Å². The molecule has 0 aliphatic carbocycles. The highest BCUT2D eigenvalue weighted by molar-refractivity contribution is 6.07. The number of morpholine rings is 1. The van der Waals surface area contributed by atoms with Crippen LogP contribution in [0, 0.1) is 0 Å². The van der Waals surface area contributed by atoms with Crippen LogP contribution in [0.4, 0.5) is 16.3 Å². The molecule has 3 amide bonds. The zero-order valence-corrected chi connectivity index (χ0v) is 26.7. The van der Waals surface area contributed by atoms with Gasteiger partial charge in [-0.15, -0.1) is 0 Å². The number of urea groups is 1. The Morgan fingerprint density at radius 1 is 1.07 bits per heavy atom. The first kappa shape index (κ1) is 31.7. The molecule has 5 rings (SSSR count). The van der Waals surface area contributed by atoms with Gasteiger partial charge in [0.1, 0.15) is 24.3 Å². The molecule has 2 aromatic carbocycles. The summed E-state index contributed by atoms with van der Waals surface area (Å²) >= 11 is 0. The number of benzene rings is 2. The molecule has 1 fully saturated rings. The molecule has 12 nitrogen and oxygen atoms in total. The highest BCUT2D eigenvalue weighted by Gasteiger charge is 2.28. The van der Waals surface area contributed by atoms with Gasteiger partial charge in [-0.3, -0.25) is 15.0 Å². The maximum absolute atomic E-state index is 13.3. The molecule has 45 heavy (non-hydrogen) atoms. The Morgan fingerprint density at radius 2 is 1.84 bits per heavy atom. The van der Waals surface area contributed by atoms with Crippen molar-refractivity contribution in [3.63, 3.8) is 0 Å². The van der Waals surface area contributed by atoms with E-state index in [1.165, 1.54) is 0 Å². The SMILES string of the molecule is COc1ccc(-n2nc(C(C)(C)C)cc2NC(=O)Nc2ccc(OCCN3CCOC(C(=O)N(C)C)C3)c3ccccc23)cn1. The predicted molar refractivity (Wildman–Crippen MR) is 174 cm³/mol. The van der Waals surface area contributed by atoms with Crippen LogP contribution in [0.3, 0.4) is 0 Å². The normalized spacial score (nSPS) is 15.5. The summed E-state index contributed by atoms with van der Waals surface area (Å²) in [5.74, 6) is 1.67. The molecule has 12 heteroatoms. The lowest BCUT2D eigenvalue weighted by Crippen LogP contribution is -2.50. The molecular weight excluding hydrogens is 574 g/mol. The first-order valence-electron chi connectivity index (χ1n) is 14.9. The zero-order valence-electron chi connectivity index (χ0n) is 26.7. The summed E-state index contributed by atoms with van der Waals surface area (Å²) in [7, 11) is 5.03. The second-order valence-corrected chi connectivity index (χ2v) is 12.1. The van der Waals surface area contributed by atoms with E-state index in [1.807, 2.05) is 48.5 Å². The molecule has 0 bridgehead atoms. The van der Waals surface area contributed by atoms with Gasteiger partial charge in [0, 0.05) is 62.0 Å². The van der Waals surface area contributed by atoms with Crippen molar-refractivity contribution in [2.75, 3.05) is 64.7 Å². The van der Waals surface area contributed by atoms with Crippen molar-refractivity contribution < 1.29 is 23.8 Å². The van der Waals surface area contributed by atoms with Gasteiger partial charge in [-0.05, 0) is 18.2 Å². The van der Waals surface area contributed by atoms with Crippen LogP contribution >= 0.6 is 0 Å². The van der Waals surface area contributed by atoms with E-state index < -0.39 is 12.1 Å². The number of ether oxygens (including phenoxy) is 3. The summed E-state index contributed by atoms with van der Waals surface area (Å²) in [6, 6.07) is 16.5. The first-order valence-corrected chi connectivity index (χ1v) is 14.9. The van der Waals surface area contributed by atoms with Gasteiger partial charge in [0.15, 0.2) is 0 Å². The summed E-state index contributed by atoms with van der Waals surface area (Å²) in [5, 5.41) is 12.4. The Kier molecular flexibility index (Phi) is 9.54. The standard InChI is InChI=1S/C33H41N7O5/c1-33(2,3)28-19-29(40(37-28)22-11-14-30(43-6)34-20-22)36-32(42)35-25-12-13-26(24-10-8-7-9-23(24)25)44-17-15-39-16-18-45-27(21-39)31(41)38(4)5/h7-14,19-20,27H,15-18,21H2,1-6H3,(H2,35,36,42). The van der Waals surface area contributed by atoms with Crippen molar-refractivity contribution in [3.05, 3.63) is 66.5 Å². The number of hydrogen-bond donors (Lipinski definition) is 2. The summed E-state index contributed by atoms with van der Waals surface area (Å²) < 4.78 is 18.7. The molecule has 4 aromatic rings. The van der Waals surface area contributed by atoms with E-state index >= 15 is 0 Å². The van der Waals surface area contributed by atoms with Gasteiger partial charge in [0.05, 0.1) is 37.0 Å². The topological polar surface area (TPSA) is 123 Å². The summed E-state index contributed by atoms with van der Waals surface area (Å²) in [4.78, 5) is 33.7. The van der Waals surface area contributed by atoms with E-state index in [1.54, 1.807) is 43.1 Å². The third kappa shape index (κ3) is 7.52. The Balaban J connectivity index is 1.28. The minimum absolute atomic E-state index is 0.0319. The van der Waals surface area contributed by atoms with Crippen LogP contribution < -0.4 is 20.1 Å². The summed E-state index contributed by atoms with van der Waals surface area (Å²) in [6.45, 7) is 9.07. The fourth-order valence-electron chi connectivity index (χ4n) is 5.06. The van der Waals surface area contributed by atoms with E-state index in [0.717, 1.165) is 23.0 Å². The number of likely N-dealkylation sites (N-methyl/N-ethyl adjacent to an activating group) is 1.